The maximum Gasteiger partial charge on any atom is 0.530 e. The van der Waals surface area contributed by atoms with E-state index in [0.717, 1.165) is 11.1 Å². The van der Waals surface area contributed by atoms with Crippen molar-refractivity contribution in [2.24, 2.45) is 0 Å². The molecule has 0 fully saturated rings. The fourth-order valence-electron chi connectivity index (χ4n) is 3.27. The Morgan fingerprint density at radius 3 is 1.76 bits per heavy atom. The van der Waals surface area contributed by atoms with Crippen molar-refractivity contribution in [3.8, 4) is 5.75 Å². The summed E-state index contributed by atoms with van der Waals surface area (Å²) < 4.78 is 49.3. The Labute approximate surface area is 194 Å². The Kier molecular flexibility index (Phi) is 8.45. The molecule has 174 valence electrons. The van der Waals surface area contributed by atoms with Crippen LogP contribution in [0, 0.1) is 12.7 Å². The van der Waals surface area contributed by atoms with Gasteiger partial charge < -0.3 is 9.26 Å². The summed E-state index contributed by atoms with van der Waals surface area (Å²) in [6.07, 6.45) is 0. The van der Waals surface area contributed by atoms with Gasteiger partial charge in [0, 0.05) is 11.1 Å². The average molecular weight is 470 g/mol. The van der Waals surface area contributed by atoms with E-state index in [0.29, 0.717) is 28.2 Å². The molecule has 0 aliphatic rings. The zero-order valence-electron chi connectivity index (χ0n) is 19.2. The van der Waals surface area contributed by atoms with E-state index in [-0.39, 0.29) is 19.0 Å². The molecule has 0 spiro atoms. The number of ether oxygens (including phenoxy) is 1. The molecule has 5 nitrogen and oxygen atoms in total. The van der Waals surface area contributed by atoms with Crippen LogP contribution >= 0.6 is 7.82 Å². The van der Waals surface area contributed by atoms with Gasteiger partial charge in [-0.2, -0.15) is 0 Å². The zero-order valence-corrected chi connectivity index (χ0v) is 20.1. The molecular weight excluding hydrogens is 442 g/mol. The maximum atomic E-state index is 13.7. The molecule has 0 heterocycles. The summed E-state index contributed by atoms with van der Waals surface area (Å²) in [5.74, 6) is 0.626. The van der Waals surface area contributed by atoms with E-state index in [1.54, 1.807) is 33.1 Å². The molecule has 0 radical (unpaired) electrons. The lowest BCUT2D eigenvalue weighted by molar-refractivity contribution is 0.159. The first-order chi connectivity index (χ1) is 15.9. The first kappa shape index (κ1) is 24.7. The van der Waals surface area contributed by atoms with Crippen molar-refractivity contribution in [1.29, 1.82) is 0 Å². The predicted octanol–water partition coefficient (Wildman–Crippen LogP) is 7.26. The number of benzene rings is 3. The summed E-state index contributed by atoms with van der Waals surface area (Å²) in [4.78, 5) is 0. The molecule has 0 amide bonds. The van der Waals surface area contributed by atoms with E-state index in [4.69, 9.17) is 18.3 Å². The summed E-state index contributed by atoms with van der Waals surface area (Å²) in [5, 5.41) is 0. The monoisotopic (exact) mass is 470 g/mol. The molecule has 0 aromatic heterocycles. The predicted molar refractivity (Wildman–Crippen MR) is 128 cm³/mol. The lowest BCUT2D eigenvalue weighted by Crippen LogP contribution is -2.04. The van der Waals surface area contributed by atoms with Gasteiger partial charge in [0.25, 0.3) is 0 Å². The average Bonchev–Trinajstić information content (AvgIpc) is 2.81. The molecule has 3 rings (SSSR count). The highest BCUT2D eigenvalue weighted by Gasteiger charge is 2.31. The fraction of sp³-hybridized carbons (Fsp3) is 0.231. The molecule has 0 atom stereocenters. The molecule has 0 saturated heterocycles. The van der Waals surface area contributed by atoms with Gasteiger partial charge in [-0.3, -0.25) is 9.05 Å². The van der Waals surface area contributed by atoms with Crippen LogP contribution in [0.25, 0.3) is 11.3 Å². The van der Waals surface area contributed by atoms with Crippen molar-refractivity contribution < 1.29 is 27.3 Å². The number of phosphoric acid groups is 1. The van der Waals surface area contributed by atoms with Crippen LogP contribution in [0.5, 0.6) is 5.75 Å². The van der Waals surface area contributed by atoms with E-state index in [2.05, 4.69) is 0 Å². The van der Waals surface area contributed by atoms with Crippen molar-refractivity contribution in [2.75, 3.05) is 20.3 Å². The Bertz CT molecular complexity index is 1110. The smallest absolute Gasteiger partial charge is 0.497 e. The summed E-state index contributed by atoms with van der Waals surface area (Å²) in [6.45, 7) is 5.70. The highest BCUT2D eigenvalue weighted by atomic mass is 31.2. The second kappa shape index (κ2) is 11.3. The number of methoxy groups -OCH3 is 1. The summed E-state index contributed by atoms with van der Waals surface area (Å²) >= 11 is 0. The lowest BCUT2D eigenvalue weighted by Gasteiger charge is -2.23. The van der Waals surface area contributed by atoms with E-state index in [1.165, 1.54) is 12.1 Å². The number of hydrogen-bond acceptors (Lipinski definition) is 5. The first-order valence-corrected chi connectivity index (χ1v) is 12.2. The van der Waals surface area contributed by atoms with E-state index in [9.17, 15) is 8.96 Å². The SMILES string of the molecule is CCOP(=O)(OCC)O/C(=C(\c1ccc(F)cc1)c1ccc(OC)cc1)c1ccc(C)cc1. The molecule has 0 saturated carbocycles. The molecule has 33 heavy (non-hydrogen) atoms. The van der Waals surface area contributed by atoms with Gasteiger partial charge in [0.15, 0.2) is 0 Å². The highest BCUT2D eigenvalue weighted by Crippen LogP contribution is 2.54. The van der Waals surface area contributed by atoms with Gasteiger partial charge in [-0.05, 0) is 56.2 Å². The largest absolute Gasteiger partial charge is 0.530 e. The molecule has 0 unspecified atom stereocenters. The molecule has 0 aliphatic heterocycles. The van der Waals surface area contributed by atoms with Crippen molar-refractivity contribution in [3.63, 3.8) is 0 Å². The van der Waals surface area contributed by atoms with Gasteiger partial charge in [-0.1, -0.05) is 54.1 Å². The summed E-state index contributed by atoms with van der Waals surface area (Å²) in [5.41, 5.74) is 3.79. The minimum atomic E-state index is -3.93. The second-order valence-electron chi connectivity index (χ2n) is 7.18. The van der Waals surface area contributed by atoms with Crippen LogP contribution in [0.1, 0.15) is 36.1 Å². The van der Waals surface area contributed by atoms with E-state index < -0.39 is 7.82 Å². The van der Waals surface area contributed by atoms with Crippen LogP contribution in [0.2, 0.25) is 0 Å². The van der Waals surface area contributed by atoms with Crippen LogP contribution < -0.4 is 4.74 Å². The number of aryl methyl sites for hydroxylation is 1. The topological polar surface area (TPSA) is 54.0 Å². The van der Waals surface area contributed by atoms with Gasteiger partial charge >= 0.3 is 7.82 Å². The minimum absolute atomic E-state index is 0.146. The number of halogens is 1. The molecule has 0 aliphatic carbocycles. The standard InChI is InChI=1S/C26H28FO5P/c1-5-30-33(28,31-6-2)32-26(22-9-7-19(3)8-10-22)25(20-11-15-23(27)16-12-20)21-13-17-24(29-4)18-14-21/h7-18H,5-6H2,1-4H3/b26-25+. The fourth-order valence-corrected chi connectivity index (χ4v) is 4.50. The van der Waals surface area contributed by atoms with Gasteiger partial charge in [0.1, 0.15) is 17.3 Å². The third kappa shape index (κ3) is 6.32. The van der Waals surface area contributed by atoms with Gasteiger partial charge in [-0.15, -0.1) is 0 Å². The van der Waals surface area contributed by atoms with Crippen LogP contribution in [0.15, 0.2) is 72.8 Å². The first-order valence-electron chi connectivity index (χ1n) is 10.7. The highest BCUT2D eigenvalue weighted by molar-refractivity contribution is 7.48. The Morgan fingerprint density at radius 2 is 1.27 bits per heavy atom. The Balaban J connectivity index is 2.31. The van der Waals surface area contributed by atoms with Gasteiger partial charge in [0.2, 0.25) is 0 Å². The third-order valence-electron chi connectivity index (χ3n) is 4.83. The van der Waals surface area contributed by atoms with Crippen molar-refractivity contribution in [2.45, 2.75) is 20.8 Å². The Hall–Kier alpha value is -2.92. The normalized spacial score (nSPS) is 12.3. The molecule has 3 aromatic carbocycles. The lowest BCUT2D eigenvalue weighted by atomic mass is 9.94. The maximum absolute atomic E-state index is 13.7. The van der Waals surface area contributed by atoms with Crippen LogP contribution in [0.4, 0.5) is 4.39 Å². The zero-order chi connectivity index (χ0) is 23.8. The molecule has 0 bridgehead atoms. The number of rotatable bonds is 10. The van der Waals surface area contributed by atoms with E-state index in [1.807, 2.05) is 55.5 Å². The van der Waals surface area contributed by atoms with Gasteiger partial charge in [-0.25, -0.2) is 8.96 Å². The summed E-state index contributed by atoms with van der Waals surface area (Å²) in [6, 6.07) is 21.0. The molecule has 7 heteroatoms. The minimum Gasteiger partial charge on any atom is -0.497 e. The Morgan fingerprint density at radius 1 is 0.788 bits per heavy atom. The second-order valence-corrected chi connectivity index (χ2v) is 8.77. The van der Waals surface area contributed by atoms with Crippen molar-refractivity contribution in [1.82, 2.24) is 0 Å². The molecular formula is C26H28FO5P. The van der Waals surface area contributed by atoms with E-state index >= 15 is 0 Å². The van der Waals surface area contributed by atoms with Crippen LogP contribution in [-0.2, 0) is 18.1 Å². The van der Waals surface area contributed by atoms with Crippen LogP contribution in [-0.4, -0.2) is 20.3 Å². The number of phosphoric ester groups is 1. The quantitative estimate of drug-likeness (QED) is 0.177. The van der Waals surface area contributed by atoms with Gasteiger partial charge in [0.05, 0.1) is 20.3 Å². The van der Waals surface area contributed by atoms with Crippen molar-refractivity contribution in [3.05, 3.63) is 101 Å². The molecule has 0 N–H and O–H groups in total. The molecule has 3 aromatic rings. The van der Waals surface area contributed by atoms with Crippen LogP contribution in [0.3, 0.4) is 0 Å². The summed E-state index contributed by atoms with van der Waals surface area (Å²) in [7, 11) is -2.34. The number of hydrogen-bond donors (Lipinski definition) is 0. The third-order valence-corrected chi connectivity index (χ3v) is 6.38. The van der Waals surface area contributed by atoms with Crippen molar-refractivity contribution >= 4 is 19.2 Å².